The molecule has 5 aromatic rings. The van der Waals surface area contributed by atoms with Crippen LogP contribution >= 0.6 is 23.1 Å². The molecule has 1 fully saturated rings. The number of thiazole rings is 1. The first-order valence-electron chi connectivity index (χ1n) is 13.1. The number of aromatic nitrogens is 1. The van der Waals surface area contributed by atoms with Gasteiger partial charge in [-0.3, -0.25) is 0 Å². The van der Waals surface area contributed by atoms with Crippen LogP contribution in [0.1, 0.15) is 41.1 Å². The Hall–Kier alpha value is -3.04. The molecule has 1 aliphatic rings. The lowest BCUT2D eigenvalue weighted by atomic mass is 9.98. The van der Waals surface area contributed by atoms with Gasteiger partial charge in [0.2, 0.25) is 0 Å². The predicted molar refractivity (Wildman–Crippen MR) is 159 cm³/mol. The molecule has 0 aliphatic carbocycles. The third-order valence-electron chi connectivity index (χ3n) is 7.01. The van der Waals surface area contributed by atoms with Crippen molar-refractivity contribution in [2.24, 2.45) is 5.73 Å². The lowest BCUT2D eigenvalue weighted by molar-refractivity contribution is -0.245. The molecule has 0 bridgehead atoms. The summed E-state index contributed by atoms with van der Waals surface area (Å²) in [5.41, 5.74) is 13.3. The number of nitrogens with two attached hydrogens (primary N) is 1. The number of benzene rings is 4. The monoisotopic (exact) mass is 554 g/mol. The average Bonchev–Trinajstić information content (AvgIpc) is 3.43. The maximum Gasteiger partial charge on any atom is 0.184 e. The van der Waals surface area contributed by atoms with E-state index in [4.69, 9.17) is 20.2 Å². The second-order valence-electron chi connectivity index (χ2n) is 9.59. The number of hydrogen-bond donors (Lipinski definition) is 2. The van der Waals surface area contributed by atoms with Crippen molar-refractivity contribution in [3.05, 3.63) is 119 Å². The van der Waals surface area contributed by atoms with E-state index in [2.05, 4.69) is 48.5 Å². The van der Waals surface area contributed by atoms with Crippen molar-refractivity contribution in [2.45, 2.75) is 42.4 Å². The summed E-state index contributed by atoms with van der Waals surface area (Å²) in [6.45, 7) is 0.524. The minimum atomic E-state index is -0.485. The van der Waals surface area contributed by atoms with Crippen molar-refractivity contribution in [3.63, 3.8) is 0 Å². The van der Waals surface area contributed by atoms with Crippen molar-refractivity contribution in [3.8, 4) is 11.1 Å². The van der Waals surface area contributed by atoms with E-state index < -0.39 is 6.29 Å². The minimum Gasteiger partial charge on any atom is -0.392 e. The van der Waals surface area contributed by atoms with E-state index in [1.165, 1.54) is 4.70 Å². The molecule has 3 atom stereocenters. The fourth-order valence-electron chi connectivity index (χ4n) is 4.90. The second-order valence-corrected chi connectivity index (χ2v) is 11.9. The first-order chi connectivity index (χ1) is 19.2. The molecular weight excluding hydrogens is 524 g/mol. The van der Waals surface area contributed by atoms with Gasteiger partial charge in [-0.15, -0.1) is 11.3 Å². The topological polar surface area (TPSA) is 77.6 Å². The number of hydrogen-bond acceptors (Lipinski definition) is 7. The van der Waals surface area contributed by atoms with E-state index in [0.29, 0.717) is 6.54 Å². The molecule has 1 aromatic heterocycles. The van der Waals surface area contributed by atoms with Gasteiger partial charge in [0.15, 0.2) is 10.6 Å². The normalized spacial score (nSPS) is 19.4. The van der Waals surface area contributed by atoms with Crippen molar-refractivity contribution in [2.75, 3.05) is 5.75 Å². The summed E-state index contributed by atoms with van der Waals surface area (Å²) in [6.07, 6.45) is 0.131. The summed E-state index contributed by atoms with van der Waals surface area (Å²) in [7, 11) is 0. The Morgan fingerprint density at radius 3 is 2.38 bits per heavy atom. The van der Waals surface area contributed by atoms with Gasteiger partial charge in [0.1, 0.15) is 0 Å². The van der Waals surface area contributed by atoms with Crippen molar-refractivity contribution in [1.29, 1.82) is 0 Å². The van der Waals surface area contributed by atoms with Crippen molar-refractivity contribution in [1.82, 2.24) is 4.98 Å². The quantitative estimate of drug-likeness (QED) is 0.197. The predicted octanol–water partition coefficient (Wildman–Crippen LogP) is 7.25. The zero-order valence-corrected chi connectivity index (χ0v) is 23.0. The Morgan fingerprint density at radius 2 is 1.62 bits per heavy atom. The van der Waals surface area contributed by atoms with Gasteiger partial charge in [0.25, 0.3) is 0 Å². The summed E-state index contributed by atoms with van der Waals surface area (Å²) >= 11 is 3.46. The number of para-hydroxylation sites is 1. The maximum absolute atomic E-state index is 9.47. The van der Waals surface area contributed by atoms with Gasteiger partial charge < -0.3 is 20.3 Å². The van der Waals surface area contributed by atoms with Crippen LogP contribution in [-0.2, 0) is 22.6 Å². The van der Waals surface area contributed by atoms with Gasteiger partial charge >= 0.3 is 0 Å². The van der Waals surface area contributed by atoms with Gasteiger partial charge in [0.05, 0.1) is 29.0 Å². The van der Waals surface area contributed by atoms with Crippen LogP contribution in [0.3, 0.4) is 0 Å². The SMILES string of the molecule is NCc1ccccc1-c1ccc([C@H]2O[C@@H](CSc3nc4ccccc4s3)C[C@@H](c3ccc(CO)cc3)O2)cc1. The molecule has 3 N–H and O–H groups in total. The van der Waals surface area contributed by atoms with Crippen LogP contribution in [-0.4, -0.2) is 21.9 Å². The number of aliphatic hydroxyl groups excluding tert-OH is 1. The van der Waals surface area contributed by atoms with E-state index in [0.717, 1.165) is 55.4 Å². The maximum atomic E-state index is 9.47. The molecule has 0 saturated carbocycles. The van der Waals surface area contributed by atoms with E-state index >= 15 is 0 Å². The van der Waals surface area contributed by atoms with Gasteiger partial charge in [0, 0.05) is 24.3 Å². The van der Waals surface area contributed by atoms with E-state index in [9.17, 15) is 5.11 Å². The van der Waals surface area contributed by atoms with Crippen LogP contribution in [0.15, 0.2) is 101 Å². The molecule has 0 radical (unpaired) electrons. The van der Waals surface area contributed by atoms with Gasteiger partial charge in [-0.2, -0.15) is 0 Å². The van der Waals surface area contributed by atoms with E-state index in [-0.39, 0.29) is 18.8 Å². The number of nitrogens with zero attached hydrogens (tertiary/aromatic N) is 1. The molecule has 7 heteroatoms. The Kier molecular flexibility index (Phi) is 8.06. The first-order valence-corrected chi connectivity index (χ1v) is 14.9. The van der Waals surface area contributed by atoms with Gasteiger partial charge in [-0.25, -0.2) is 4.98 Å². The highest BCUT2D eigenvalue weighted by molar-refractivity contribution is 8.01. The van der Waals surface area contributed by atoms with E-state index in [1.54, 1.807) is 23.1 Å². The number of fused-ring (bicyclic) bond motifs is 1. The molecule has 0 amide bonds. The number of thioether (sulfide) groups is 1. The molecule has 39 heavy (non-hydrogen) atoms. The lowest BCUT2D eigenvalue weighted by Crippen LogP contribution is -2.31. The second kappa shape index (κ2) is 12.0. The summed E-state index contributed by atoms with van der Waals surface area (Å²) in [4.78, 5) is 4.79. The summed E-state index contributed by atoms with van der Waals surface area (Å²) in [6, 6.07) is 32.9. The highest BCUT2D eigenvalue weighted by Crippen LogP contribution is 2.40. The Morgan fingerprint density at radius 1 is 0.872 bits per heavy atom. The zero-order valence-electron chi connectivity index (χ0n) is 21.4. The molecule has 5 nitrogen and oxygen atoms in total. The first kappa shape index (κ1) is 26.2. The summed E-state index contributed by atoms with van der Waals surface area (Å²) in [5, 5.41) is 9.47. The summed E-state index contributed by atoms with van der Waals surface area (Å²) in [5.74, 6) is 0.785. The van der Waals surface area contributed by atoms with Crippen LogP contribution in [0.2, 0.25) is 0 Å². The number of rotatable bonds is 8. The summed E-state index contributed by atoms with van der Waals surface area (Å²) < 4.78 is 15.3. The molecule has 1 aliphatic heterocycles. The highest BCUT2D eigenvalue weighted by Gasteiger charge is 2.32. The van der Waals surface area contributed by atoms with Crippen molar-refractivity contribution < 1.29 is 14.6 Å². The molecule has 0 spiro atoms. The largest absolute Gasteiger partial charge is 0.392 e. The molecule has 4 aromatic carbocycles. The molecule has 2 heterocycles. The highest BCUT2D eigenvalue weighted by atomic mass is 32.2. The Labute approximate surface area is 236 Å². The smallest absolute Gasteiger partial charge is 0.184 e. The van der Waals surface area contributed by atoms with E-state index in [1.807, 2.05) is 48.5 Å². The van der Waals surface area contributed by atoms with Crippen LogP contribution in [0.5, 0.6) is 0 Å². The lowest BCUT2D eigenvalue weighted by Gasteiger charge is -2.36. The molecule has 198 valence electrons. The fraction of sp³-hybridized carbons (Fsp3) is 0.219. The van der Waals surface area contributed by atoms with Gasteiger partial charge in [-0.1, -0.05) is 96.7 Å². The third kappa shape index (κ3) is 5.94. The molecule has 0 unspecified atom stereocenters. The minimum absolute atomic E-state index is 0.0130. The fourth-order valence-corrected chi connectivity index (χ4v) is 7.01. The van der Waals surface area contributed by atoms with Crippen molar-refractivity contribution >= 4 is 33.3 Å². The Balaban J connectivity index is 1.23. The molecular formula is C32H30N2O3S2. The standard InChI is InChI=1S/C32H30N2O3S2/c33-18-25-5-1-2-6-27(25)22-13-15-24(16-14-22)31-36-26(17-29(37-31)23-11-9-21(19-35)10-12-23)20-38-32-34-28-7-3-4-8-30(28)39-32/h1-16,26,29,31,35H,17-20,33H2/t26-,29+,31+/m1/s1. The zero-order chi connectivity index (χ0) is 26.6. The van der Waals surface area contributed by atoms with Crippen LogP contribution in [0.4, 0.5) is 0 Å². The van der Waals surface area contributed by atoms with Crippen LogP contribution < -0.4 is 5.73 Å². The third-order valence-corrected chi connectivity index (χ3v) is 9.32. The molecule has 1 saturated heterocycles. The number of aliphatic hydroxyl groups is 1. The number of ether oxygens (including phenoxy) is 2. The molecule has 6 rings (SSSR count). The van der Waals surface area contributed by atoms with Crippen LogP contribution in [0.25, 0.3) is 21.3 Å². The van der Waals surface area contributed by atoms with Crippen LogP contribution in [0, 0.1) is 0 Å². The van der Waals surface area contributed by atoms with Gasteiger partial charge in [-0.05, 0) is 39.9 Å². The Bertz CT molecular complexity index is 1500. The average molecular weight is 555 g/mol.